The van der Waals surface area contributed by atoms with Crippen molar-refractivity contribution in [1.82, 2.24) is 25.2 Å². The zero-order valence-electron chi connectivity index (χ0n) is 22.8. The molecule has 14 heteroatoms. The molecule has 1 aliphatic carbocycles. The van der Waals surface area contributed by atoms with Gasteiger partial charge in [-0.15, -0.1) is 0 Å². The molecule has 0 aromatic heterocycles. The number of rotatable bonds is 7. The first-order chi connectivity index (χ1) is 18.7. The van der Waals surface area contributed by atoms with E-state index in [0.29, 0.717) is 19.4 Å². The van der Waals surface area contributed by atoms with E-state index in [2.05, 4.69) is 16.7 Å². The Morgan fingerprint density at radius 1 is 1.18 bits per heavy atom. The molecular formula is C26H34N6O7S. The molecule has 2 heterocycles. The molecule has 0 unspecified atom stereocenters. The van der Waals surface area contributed by atoms with Gasteiger partial charge in [-0.25, -0.2) is 22.7 Å². The van der Waals surface area contributed by atoms with Gasteiger partial charge in [-0.05, 0) is 52.7 Å². The number of piperidine rings is 1. The van der Waals surface area contributed by atoms with Crippen LogP contribution in [0.15, 0.2) is 29.2 Å². The third-order valence-corrected chi connectivity index (χ3v) is 8.42. The standard InChI is InChI=1S/C26H34N6O7S/c1-15-7-9-17(10-8-15)40(37,38)30-24(35)32-14-19(20-21(32)22(20)33)28-13-18(29-25(36)39-26(2,3)4)23(34)31-11-5-6-16(31)12-27/h7-10,16,18-21,28H,5-6,11,13-14H2,1-4H3,(H,29,36)(H,30,35)/t16-,18-,19+,20-,21-/m0/s1. The quantitative estimate of drug-likeness (QED) is 0.422. The lowest BCUT2D eigenvalue weighted by Gasteiger charge is -2.29. The number of alkyl carbamates (subject to hydrolysis) is 1. The summed E-state index contributed by atoms with van der Waals surface area (Å²) in [6, 6.07) is 4.14. The molecule has 2 aliphatic heterocycles. The second-order valence-electron chi connectivity index (χ2n) is 11.3. The number of likely N-dealkylation sites (tertiary alicyclic amines) is 2. The zero-order valence-corrected chi connectivity index (χ0v) is 23.7. The number of ketones is 1. The van der Waals surface area contributed by atoms with E-state index in [1.807, 2.05) is 4.72 Å². The summed E-state index contributed by atoms with van der Waals surface area (Å²) in [5.74, 6) is -1.25. The fourth-order valence-electron chi connectivity index (χ4n) is 5.08. The second kappa shape index (κ2) is 11.1. The van der Waals surface area contributed by atoms with E-state index < -0.39 is 63.7 Å². The van der Waals surface area contributed by atoms with E-state index in [1.54, 1.807) is 39.8 Å². The molecule has 2 saturated heterocycles. The second-order valence-corrected chi connectivity index (χ2v) is 13.0. The van der Waals surface area contributed by atoms with Gasteiger partial charge in [0.25, 0.3) is 10.0 Å². The summed E-state index contributed by atoms with van der Waals surface area (Å²) in [4.78, 5) is 53.7. The van der Waals surface area contributed by atoms with Crippen LogP contribution in [0.3, 0.4) is 0 Å². The Balaban J connectivity index is 1.42. The van der Waals surface area contributed by atoms with E-state index >= 15 is 0 Å². The van der Waals surface area contributed by atoms with Gasteiger partial charge in [-0.1, -0.05) is 17.7 Å². The van der Waals surface area contributed by atoms with Gasteiger partial charge < -0.3 is 25.2 Å². The summed E-state index contributed by atoms with van der Waals surface area (Å²) in [7, 11) is -4.15. The van der Waals surface area contributed by atoms with Crippen molar-refractivity contribution in [1.29, 1.82) is 5.26 Å². The Labute approximate surface area is 233 Å². The largest absolute Gasteiger partial charge is 0.444 e. The van der Waals surface area contributed by atoms with Crippen molar-refractivity contribution < 1.29 is 32.3 Å². The Kier molecular flexibility index (Phi) is 8.09. The van der Waals surface area contributed by atoms with Gasteiger partial charge in [0.1, 0.15) is 23.7 Å². The van der Waals surface area contributed by atoms with Crippen molar-refractivity contribution >= 4 is 33.8 Å². The lowest BCUT2D eigenvalue weighted by atomic mass is 10.1. The number of sulfonamides is 1. The minimum absolute atomic E-state index is 0.0220. The summed E-state index contributed by atoms with van der Waals surface area (Å²) in [6.45, 7) is 7.16. The van der Waals surface area contributed by atoms with E-state index in [4.69, 9.17) is 4.74 Å². The van der Waals surface area contributed by atoms with Gasteiger partial charge in [0.05, 0.1) is 16.9 Å². The van der Waals surface area contributed by atoms with E-state index in [-0.39, 0.29) is 23.8 Å². The first-order valence-corrected chi connectivity index (χ1v) is 14.6. The topological polar surface area (TPSA) is 178 Å². The van der Waals surface area contributed by atoms with Crippen molar-refractivity contribution in [3.8, 4) is 6.07 Å². The number of aryl methyl sites for hydroxylation is 1. The highest BCUT2D eigenvalue weighted by Crippen LogP contribution is 2.41. The van der Waals surface area contributed by atoms with Crippen LogP contribution in [0.25, 0.3) is 0 Å². The molecule has 13 nitrogen and oxygen atoms in total. The lowest BCUT2D eigenvalue weighted by Crippen LogP contribution is -2.56. The predicted molar refractivity (Wildman–Crippen MR) is 141 cm³/mol. The number of ether oxygens (including phenoxy) is 1. The number of nitrogens with zero attached hydrogens (tertiary/aromatic N) is 3. The van der Waals surface area contributed by atoms with Gasteiger partial charge in [0.15, 0.2) is 5.78 Å². The van der Waals surface area contributed by atoms with Crippen LogP contribution in [0, 0.1) is 24.2 Å². The molecule has 1 aromatic carbocycles. The van der Waals surface area contributed by atoms with Crippen LogP contribution in [0.2, 0.25) is 0 Å². The zero-order chi connectivity index (χ0) is 29.4. The highest BCUT2D eigenvalue weighted by Gasteiger charge is 2.64. The minimum Gasteiger partial charge on any atom is -0.444 e. The van der Waals surface area contributed by atoms with Crippen molar-refractivity contribution in [3.05, 3.63) is 29.8 Å². The normalized spacial score (nSPS) is 24.6. The highest BCUT2D eigenvalue weighted by atomic mass is 32.2. The summed E-state index contributed by atoms with van der Waals surface area (Å²) in [5, 5.41) is 15.1. The summed E-state index contributed by atoms with van der Waals surface area (Å²) >= 11 is 0. The fourth-order valence-corrected chi connectivity index (χ4v) is 6.04. The molecular weight excluding hydrogens is 540 g/mol. The maximum atomic E-state index is 13.3. The third kappa shape index (κ3) is 6.37. The van der Waals surface area contributed by atoms with Gasteiger partial charge in [-0.3, -0.25) is 9.59 Å². The van der Waals surface area contributed by atoms with Crippen molar-refractivity contribution in [2.75, 3.05) is 19.6 Å². The number of amides is 4. The van der Waals surface area contributed by atoms with E-state index in [1.165, 1.54) is 21.9 Å². The average Bonchev–Trinajstić information content (AvgIpc) is 3.21. The first-order valence-electron chi connectivity index (χ1n) is 13.1. The van der Waals surface area contributed by atoms with Gasteiger partial charge in [-0.2, -0.15) is 5.26 Å². The molecule has 216 valence electrons. The van der Waals surface area contributed by atoms with Gasteiger partial charge >= 0.3 is 12.1 Å². The molecule has 4 rings (SSSR count). The molecule has 0 bridgehead atoms. The fraction of sp³-hybridized carbons (Fsp3) is 0.577. The van der Waals surface area contributed by atoms with E-state index in [9.17, 15) is 32.9 Å². The Bertz CT molecular complexity index is 1330. The van der Waals surface area contributed by atoms with Crippen molar-refractivity contribution in [2.45, 2.75) is 75.2 Å². The number of Topliss-reactive ketones (excluding diaryl/α,β-unsaturated/α-hetero) is 1. The molecule has 40 heavy (non-hydrogen) atoms. The van der Waals surface area contributed by atoms with Crippen molar-refractivity contribution in [3.63, 3.8) is 0 Å². The molecule has 3 fully saturated rings. The third-order valence-electron chi connectivity index (χ3n) is 7.09. The number of nitrogens with one attached hydrogen (secondary N) is 3. The molecule has 0 radical (unpaired) electrons. The smallest absolute Gasteiger partial charge is 0.408 e. The maximum absolute atomic E-state index is 13.3. The van der Waals surface area contributed by atoms with Crippen LogP contribution < -0.4 is 15.4 Å². The first kappa shape index (κ1) is 29.3. The SMILES string of the molecule is Cc1ccc(S(=O)(=O)NC(=O)N2C[C@@H](NC[C@H](NC(=O)OC(C)(C)C)C(=O)N3CCC[C@H]3C#N)[C@@H]3C(=O)[C@H]32)cc1. The summed E-state index contributed by atoms with van der Waals surface area (Å²) in [6.07, 6.45) is 0.382. The number of hydrogen-bond donors (Lipinski definition) is 3. The Morgan fingerprint density at radius 3 is 2.48 bits per heavy atom. The molecule has 3 aliphatic rings. The van der Waals surface area contributed by atoms with Gasteiger partial charge in [0, 0.05) is 25.7 Å². The molecule has 3 N–H and O–H groups in total. The Morgan fingerprint density at radius 2 is 1.85 bits per heavy atom. The number of urea groups is 1. The van der Waals surface area contributed by atoms with Crippen LogP contribution in [0.1, 0.15) is 39.2 Å². The van der Waals surface area contributed by atoms with Crippen LogP contribution in [0.4, 0.5) is 9.59 Å². The lowest BCUT2D eigenvalue weighted by molar-refractivity contribution is -0.133. The summed E-state index contributed by atoms with van der Waals surface area (Å²) < 4.78 is 32.7. The molecule has 1 saturated carbocycles. The number of fused-ring (bicyclic) bond motifs is 1. The molecule has 1 aromatic rings. The highest BCUT2D eigenvalue weighted by molar-refractivity contribution is 7.90. The number of benzene rings is 1. The number of hydrogen-bond acceptors (Lipinski definition) is 9. The minimum atomic E-state index is -4.15. The maximum Gasteiger partial charge on any atom is 0.408 e. The molecule has 5 atom stereocenters. The number of carbonyl (C=O) groups is 4. The monoisotopic (exact) mass is 574 g/mol. The molecule has 4 amide bonds. The van der Waals surface area contributed by atoms with Crippen LogP contribution in [-0.2, 0) is 24.3 Å². The number of nitriles is 1. The van der Waals surface area contributed by atoms with E-state index in [0.717, 1.165) is 5.56 Å². The van der Waals surface area contributed by atoms with Crippen LogP contribution in [0.5, 0.6) is 0 Å². The van der Waals surface area contributed by atoms with Gasteiger partial charge in [0.2, 0.25) is 5.91 Å². The average molecular weight is 575 g/mol. The Hall–Kier alpha value is -3.70. The van der Waals surface area contributed by atoms with Crippen LogP contribution in [-0.4, -0.2) is 91.4 Å². The molecule has 0 spiro atoms. The summed E-state index contributed by atoms with van der Waals surface area (Å²) in [5.41, 5.74) is 0.0517. The predicted octanol–water partition coefficient (Wildman–Crippen LogP) is 0.643. The number of carbonyl (C=O) groups excluding carboxylic acids is 4. The van der Waals surface area contributed by atoms with Crippen molar-refractivity contribution in [2.24, 2.45) is 5.92 Å². The van der Waals surface area contributed by atoms with Crippen LogP contribution >= 0.6 is 0 Å².